The molecule has 0 radical (unpaired) electrons. The number of carbonyl (C=O) groups excluding carboxylic acids is 3. The van der Waals surface area contributed by atoms with Gasteiger partial charge in [-0.2, -0.15) is 0 Å². The highest BCUT2D eigenvalue weighted by Gasteiger charge is 2.20. The molecule has 1 heterocycles. The molecule has 1 aromatic heterocycles. The van der Waals surface area contributed by atoms with Crippen LogP contribution in [0.15, 0.2) is 53.1 Å². The molecule has 1 amide bonds. The summed E-state index contributed by atoms with van der Waals surface area (Å²) < 4.78 is 10.3. The molecule has 7 heteroatoms. The molecule has 1 atom stereocenters. The quantitative estimate of drug-likeness (QED) is 0.531. The van der Waals surface area contributed by atoms with Crippen molar-refractivity contribution in [3.8, 4) is 0 Å². The summed E-state index contributed by atoms with van der Waals surface area (Å²) in [4.78, 5) is 35.6. The van der Waals surface area contributed by atoms with Crippen LogP contribution in [0.4, 0.5) is 5.69 Å². The third-order valence-electron chi connectivity index (χ3n) is 4.00. The highest BCUT2D eigenvalue weighted by atomic mass is 16.5. The Hall–Kier alpha value is -3.48. The number of ketones is 1. The van der Waals surface area contributed by atoms with Crippen molar-refractivity contribution >= 4 is 34.3 Å². The second kappa shape index (κ2) is 7.82. The molecular weight excluding hydrogens is 348 g/mol. The van der Waals surface area contributed by atoms with Crippen molar-refractivity contribution in [1.29, 1.82) is 0 Å². The van der Waals surface area contributed by atoms with Gasteiger partial charge in [-0.05, 0) is 50.2 Å². The van der Waals surface area contributed by atoms with Gasteiger partial charge in [-0.25, -0.2) is 0 Å². The van der Waals surface area contributed by atoms with E-state index >= 15 is 0 Å². The summed E-state index contributed by atoms with van der Waals surface area (Å²) in [6.07, 6.45) is -1.08. The van der Waals surface area contributed by atoms with E-state index in [1.54, 1.807) is 36.4 Å². The second-order valence-electron chi connectivity index (χ2n) is 6.06. The normalized spacial score (nSPS) is 11.8. The minimum atomic E-state index is -0.983. The molecule has 0 bridgehead atoms. The minimum Gasteiger partial charge on any atom is -0.452 e. The zero-order chi connectivity index (χ0) is 19.4. The zero-order valence-corrected chi connectivity index (χ0v) is 14.9. The van der Waals surface area contributed by atoms with E-state index in [1.165, 1.54) is 13.8 Å². The van der Waals surface area contributed by atoms with Crippen molar-refractivity contribution in [1.82, 2.24) is 5.16 Å². The van der Waals surface area contributed by atoms with E-state index in [0.29, 0.717) is 22.5 Å². The number of carbonyl (C=O) groups is 3. The van der Waals surface area contributed by atoms with Crippen LogP contribution in [0.25, 0.3) is 11.0 Å². The molecule has 1 N–H and O–H groups in total. The Kier molecular flexibility index (Phi) is 5.30. The van der Waals surface area contributed by atoms with E-state index in [-0.39, 0.29) is 12.2 Å². The van der Waals surface area contributed by atoms with Crippen molar-refractivity contribution in [2.24, 2.45) is 0 Å². The van der Waals surface area contributed by atoms with E-state index in [2.05, 4.69) is 10.5 Å². The number of nitrogens with zero attached hydrogens (tertiary/aromatic N) is 1. The SMILES string of the molecule is CC(=O)c1ccc(NC(=O)[C@@H](C)OC(=O)Cc2noc3ccccc23)cc1. The van der Waals surface area contributed by atoms with Crippen molar-refractivity contribution in [2.75, 3.05) is 5.32 Å². The number of hydrogen-bond donors (Lipinski definition) is 1. The third-order valence-corrected chi connectivity index (χ3v) is 4.00. The van der Waals surface area contributed by atoms with Gasteiger partial charge in [0.2, 0.25) is 0 Å². The van der Waals surface area contributed by atoms with Crippen LogP contribution in [0.3, 0.4) is 0 Å². The van der Waals surface area contributed by atoms with Gasteiger partial charge in [-0.3, -0.25) is 14.4 Å². The van der Waals surface area contributed by atoms with E-state index in [4.69, 9.17) is 9.26 Å². The van der Waals surface area contributed by atoms with Crippen molar-refractivity contribution < 1.29 is 23.6 Å². The number of nitrogens with one attached hydrogen (secondary N) is 1. The second-order valence-corrected chi connectivity index (χ2v) is 6.06. The number of aromatic nitrogens is 1. The largest absolute Gasteiger partial charge is 0.452 e. The highest BCUT2D eigenvalue weighted by Crippen LogP contribution is 2.18. The predicted octanol–water partition coefficient (Wildman–Crippen LogP) is 3.14. The number of Topliss-reactive ketones (excluding diaryl/α,β-unsaturated/α-hetero) is 1. The van der Waals surface area contributed by atoms with Crippen LogP contribution in [-0.4, -0.2) is 28.9 Å². The molecule has 3 aromatic rings. The maximum atomic E-state index is 12.2. The molecular formula is C20H18N2O5. The molecule has 0 fully saturated rings. The fourth-order valence-corrected chi connectivity index (χ4v) is 2.53. The zero-order valence-electron chi connectivity index (χ0n) is 14.9. The standard InChI is InChI=1S/C20H18N2O5/c1-12(23)14-7-9-15(10-8-14)21-20(25)13(2)26-19(24)11-17-16-5-3-4-6-18(16)27-22-17/h3-10,13H,11H2,1-2H3,(H,21,25)/t13-/m1/s1. The molecule has 2 aromatic carbocycles. The van der Waals surface area contributed by atoms with E-state index in [9.17, 15) is 14.4 Å². The Labute approximate surface area is 155 Å². The first-order valence-corrected chi connectivity index (χ1v) is 8.38. The molecule has 0 unspecified atom stereocenters. The number of fused-ring (bicyclic) bond motifs is 1. The Balaban J connectivity index is 1.57. The molecule has 7 nitrogen and oxygen atoms in total. The van der Waals surface area contributed by atoms with Crippen LogP contribution in [0.5, 0.6) is 0 Å². The summed E-state index contributed by atoms with van der Waals surface area (Å²) in [5.41, 5.74) is 2.10. The minimum absolute atomic E-state index is 0.0597. The summed E-state index contributed by atoms with van der Waals surface area (Å²) in [5, 5.41) is 7.25. The number of rotatable bonds is 6. The van der Waals surface area contributed by atoms with E-state index in [0.717, 1.165) is 5.39 Å². The molecule has 27 heavy (non-hydrogen) atoms. The molecule has 3 rings (SSSR count). The fourth-order valence-electron chi connectivity index (χ4n) is 2.53. The van der Waals surface area contributed by atoms with Gasteiger partial charge >= 0.3 is 5.97 Å². The maximum Gasteiger partial charge on any atom is 0.312 e. The van der Waals surface area contributed by atoms with Gasteiger partial charge in [0.15, 0.2) is 17.5 Å². The lowest BCUT2D eigenvalue weighted by Gasteiger charge is -2.13. The van der Waals surface area contributed by atoms with Crippen molar-refractivity contribution in [2.45, 2.75) is 26.4 Å². The van der Waals surface area contributed by atoms with Gasteiger partial charge in [-0.1, -0.05) is 17.3 Å². The van der Waals surface area contributed by atoms with Crippen LogP contribution in [0.2, 0.25) is 0 Å². The molecule has 0 aliphatic rings. The highest BCUT2D eigenvalue weighted by molar-refractivity contribution is 5.97. The third kappa shape index (κ3) is 4.38. The molecule has 0 spiro atoms. The van der Waals surface area contributed by atoms with E-state index < -0.39 is 18.0 Å². The first-order chi connectivity index (χ1) is 12.9. The number of amides is 1. The number of anilines is 1. The van der Waals surface area contributed by atoms with Crippen molar-refractivity contribution in [3.63, 3.8) is 0 Å². The molecule has 0 saturated heterocycles. The number of para-hydroxylation sites is 1. The Morgan fingerprint density at radius 2 is 1.81 bits per heavy atom. The van der Waals surface area contributed by atoms with Gasteiger partial charge in [0.25, 0.3) is 5.91 Å². The maximum absolute atomic E-state index is 12.2. The Bertz CT molecular complexity index is 991. The van der Waals surface area contributed by atoms with Crippen LogP contribution in [0, 0.1) is 0 Å². The smallest absolute Gasteiger partial charge is 0.312 e. The molecule has 0 aliphatic carbocycles. The van der Waals surface area contributed by atoms with Crippen molar-refractivity contribution in [3.05, 3.63) is 59.8 Å². The van der Waals surface area contributed by atoms with E-state index in [1.807, 2.05) is 12.1 Å². The van der Waals surface area contributed by atoms with Crippen LogP contribution in [0.1, 0.15) is 29.9 Å². The lowest BCUT2D eigenvalue weighted by atomic mass is 10.1. The van der Waals surface area contributed by atoms with Crippen LogP contribution in [-0.2, 0) is 20.7 Å². The summed E-state index contributed by atoms with van der Waals surface area (Å²) in [7, 11) is 0. The molecule has 0 saturated carbocycles. The predicted molar refractivity (Wildman–Crippen MR) is 98.3 cm³/mol. The summed E-state index contributed by atoms with van der Waals surface area (Å²) in [6, 6.07) is 13.6. The molecule has 0 aliphatic heterocycles. The van der Waals surface area contributed by atoms with Gasteiger partial charge in [0.1, 0.15) is 5.69 Å². The fraction of sp³-hybridized carbons (Fsp3) is 0.200. The number of esters is 1. The average Bonchev–Trinajstić information content (AvgIpc) is 3.05. The number of benzene rings is 2. The molecule has 138 valence electrons. The summed E-state index contributed by atoms with van der Waals surface area (Å²) in [5.74, 6) is -1.11. The Morgan fingerprint density at radius 1 is 1.11 bits per heavy atom. The first kappa shape index (κ1) is 18.3. The van der Waals surface area contributed by atoms with Crippen LogP contribution >= 0.6 is 0 Å². The van der Waals surface area contributed by atoms with Gasteiger partial charge in [0.05, 0.1) is 6.42 Å². The first-order valence-electron chi connectivity index (χ1n) is 8.38. The Morgan fingerprint density at radius 3 is 2.52 bits per heavy atom. The monoisotopic (exact) mass is 366 g/mol. The lowest BCUT2D eigenvalue weighted by Crippen LogP contribution is -2.30. The van der Waals surface area contributed by atoms with Gasteiger partial charge < -0.3 is 14.6 Å². The topological polar surface area (TPSA) is 98.5 Å². The average molecular weight is 366 g/mol. The van der Waals surface area contributed by atoms with Gasteiger partial charge in [0, 0.05) is 16.6 Å². The lowest BCUT2D eigenvalue weighted by molar-refractivity contribution is -0.152. The van der Waals surface area contributed by atoms with Gasteiger partial charge in [-0.15, -0.1) is 0 Å². The number of hydrogen-bond acceptors (Lipinski definition) is 6. The summed E-state index contributed by atoms with van der Waals surface area (Å²) in [6.45, 7) is 2.95. The van der Waals surface area contributed by atoms with Crippen LogP contribution < -0.4 is 5.32 Å². The number of ether oxygens (including phenoxy) is 1. The summed E-state index contributed by atoms with van der Waals surface area (Å²) >= 11 is 0.